The van der Waals surface area contributed by atoms with E-state index >= 15 is 0 Å². The van der Waals surface area contributed by atoms with Crippen molar-refractivity contribution in [3.05, 3.63) is 66.1 Å². The van der Waals surface area contributed by atoms with Crippen LogP contribution in [0.3, 0.4) is 0 Å². The summed E-state index contributed by atoms with van der Waals surface area (Å²) in [5.41, 5.74) is 1.86. The molecule has 0 atom stereocenters. The van der Waals surface area contributed by atoms with Crippen LogP contribution in [0.2, 0.25) is 0 Å². The molecule has 5 rings (SSSR count). The van der Waals surface area contributed by atoms with Crippen molar-refractivity contribution < 1.29 is 9.72 Å². The van der Waals surface area contributed by atoms with Crippen LogP contribution in [0.4, 0.5) is 5.69 Å². The summed E-state index contributed by atoms with van der Waals surface area (Å²) < 4.78 is 0. The van der Waals surface area contributed by atoms with Gasteiger partial charge in [-0.25, -0.2) is 4.98 Å². The van der Waals surface area contributed by atoms with Crippen molar-refractivity contribution in [3.8, 4) is 0 Å². The third-order valence-corrected chi connectivity index (χ3v) is 7.82. The smallest absolute Gasteiger partial charge is 0.273 e. The summed E-state index contributed by atoms with van der Waals surface area (Å²) in [4.78, 5) is 50.2. The van der Waals surface area contributed by atoms with E-state index < -0.39 is 4.92 Å². The summed E-state index contributed by atoms with van der Waals surface area (Å²) in [6.45, 7) is 4.44. The maximum atomic E-state index is 13.0. The maximum Gasteiger partial charge on any atom is 0.273 e. The normalized spacial score (nSPS) is 16.7. The number of nitro groups is 1. The van der Waals surface area contributed by atoms with E-state index in [0.29, 0.717) is 49.7 Å². The number of H-pyrrole nitrogens is 1. The van der Waals surface area contributed by atoms with Crippen LogP contribution in [0.1, 0.15) is 45.0 Å². The Labute approximate surface area is 194 Å². The fourth-order valence-electron chi connectivity index (χ4n) is 4.83. The number of thiophene rings is 1. The molecule has 0 unspecified atom stereocenters. The largest absolute Gasteiger partial charge is 0.336 e. The van der Waals surface area contributed by atoms with E-state index in [0.717, 1.165) is 29.5 Å². The predicted molar refractivity (Wildman–Crippen MR) is 126 cm³/mol. The Hall–Kier alpha value is -3.11. The molecule has 9 nitrogen and oxygen atoms in total. The Morgan fingerprint density at radius 3 is 2.73 bits per heavy atom. The Balaban J connectivity index is 1.27. The van der Waals surface area contributed by atoms with E-state index in [9.17, 15) is 19.7 Å². The lowest BCUT2D eigenvalue weighted by Gasteiger charge is -2.34. The highest BCUT2D eigenvalue weighted by Gasteiger charge is 2.26. The number of amides is 1. The van der Waals surface area contributed by atoms with Crippen molar-refractivity contribution in [3.63, 3.8) is 0 Å². The van der Waals surface area contributed by atoms with Gasteiger partial charge < -0.3 is 9.88 Å². The predicted octanol–water partition coefficient (Wildman–Crippen LogP) is 3.04. The molecule has 3 heterocycles. The number of hydrogen-bond acceptors (Lipinski definition) is 7. The van der Waals surface area contributed by atoms with Crippen LogP contribution in [0.15, 0.2) is 23.0 Å². The SMILES string of the molecule is Cc1c(C(=O)N2CCN(Cc3nc4sc5c(c4c(=O)[nH]3)CCCC5)CC2)cccc1[N+](=O)[O-]. The number of fused-ring (bicyclic) bond motifs is 3. The molecule has 0 saturated carbocycles. The second kappa shape index (κ2) is 8.68. The van der Waals surface area contributed by atoms with Gasteiger partial charge in [0.05, 0.1) is 16.9 Å². The van der Waals surface area contributed by atoms with Crippen LogP contribution in [0.25, 0.3) is 10.2 Å². The molecule has 172 valence electrons. The van der Waals surface area contributed by atoms with Crippen LogP contribution in [0, 0.1) is 17.0 Å². The Bertz CT molecular complexity index is 1310. The molecule has 10 heteroatoms. The van der Waals surface area contributed by atoms with Crippen LogP contribution in [-0.4, -0.2) is 56.8 Å². The number of hydrogen-bond donors (Lipinski definition) is 1. The number of nitrogens with zero attached hydrogens (tertiary/aromatic N) is 4. The third kappa shape index (κ3) is 4.04. The standard InChI is InChI=1S/C23H25N5O4S/c1-14-15(6-4-7-17(14)28(31)32)23(30)27-11-9-26(10-12-27)13-19-24-21(29)20-16-5-2-3-8-18(16)33-22(20)25-19/h4,6-7H,2-3,5,8-13H2,1H3,(H,24,25,29). The van der Waals surface area contributed by atoms with Gasteiger partial charge in [0, 0.05) is 48.2 Å². The quantitative estimate of drug-likeness (QED) is 0.466. The van der Waals surface area contributed by atoms with Gasteiger partial charge in [0.2, 0.25) is 0 Å². The average Bonchev–Trinajstić information content (AvgIpc) is 3.18. The highest BCUT2D eigenvalue weighted by atomic mass is 32.1. The summed E-state index contributed by atoms with van der Waals surface area (Å²) in [6, 6.07) is 4.61. The number of benzene rings is 1. The van der Waals surface area contributed by atoms with Gasteiger partial charge in [-0.3, -0.25) is 24.6 Å². The van der Waals surface area contributed by atoms with Gasteiger partial charge in [0.25, 0.3) is 17.2 Å². The number of piperazine rings is 1. The summed E-state index contributed by atoms with van der Waals surface area (Å²) in [5, 5.41) is 12.0. The third-order valence-electron chi connectivity index (χ3n) is 6.64. The number of nitrogens with one attached hydrogen (secondary N) is 1. The van der Waals surface area contributed by atoms with Gasteiger partial charge in [-0.05, 0) is 44.2 Å². The Morgan fingerprint density at radius 2 is 1.97 bits per heavy atom. The van der Waals surface area contributed by atoms with Crippen molar-refractivity contribution in [1.29, 1.82) is 0 Å². The van der Waals surface area contributed by atoms with Crippen LogP contribution in [0.5, 0.6) is 0 Å². The fourth-order valence-corrected chi connectivity index (χ4v) is 6.11. The van der Waals surface area contributed by atoms with Gasteiger partial charge in [0.1, 0.15) is 10.7 Å². The van der Waals surface area contributed by atoms with E-state index in [1.807, 2.05) is 0 Å². The van der Waals surface area contributed by atoms with Crippen molar-refractivity contribution in [2.45, 2.75) is 39.2 Å². The van der Waals surface area contributed by atoms with Crippen molar-refractivity contribution in [2.75, 3.05) is 26.2 Å². The molecular formula is C23H25N5O4S. The number of carbonyl (C=O) groups excluding carboxylic acids is 1. The van der Waals surface area contributed by atoms with E-state index in [4.69, 9.17) is 4.98 Å². The molecular weight excluding hydrogens is 442 g/mol. The molecule has 2 aromatic heterocycles. The summed E-state index contributed by atoms with van der Waals surface area (Å²) in [6.07, 6.45) is 4.28. The topological polar surface area (TPSA) is 112 Å². The van der Waals surface area contributed by atoms with Gasteiger partial charge in [0.15, 0.2) is 0 Å². The summed E-state index contributed by atoms with van der Waals surface area (Å²) in [7, 11) is 0. The number of aromatic amines is 1. The molecule has 1 aromatic carbocycles. The summed E-state index contributed by atoms with van der Waals surface area (Å²) in [5.74, 6) is 0.466. The van der Waals surface area contributed by atoms with E-state index in [2.05, 4.69) is 9.88 Å². The molecule has 0 spiro atoms. The first kappa shape index (κ1) is 21.7. The monoisotopic (exact) mass is 467 g/mol. The number of carbonyl (C=O) groups is 1. The lowest BCUT2D eigenvalue weighted by molar-refractivity contribution is -0.385. The molecule has 1 aliphatic carbocycles. The zero-order valence-corrected chi connectivity index (χ0v) is 19.2. The lowest BCUT2D eigenvalue weighted by atomic mass is 9.97. The Kier molecular flexibility index (Phi) is 5.71. The molecule has 1 aliphatic heterocycles. The highest BCUT2D eigenvalue weighted by molar-refractivity contribution is 7.18. The van der Waals surface area contributed by atoms with E-state index in [1.54, 1.807) is 35.3 Å². The zero-order valence-electron chi connectivity index (χ0n) is 18.4. The zero-order chi connectivity index (χ0) is 23.1. The first-order valence-electron chi connectivity index (χ1n) is 11.2. The number of rotatable bonds is 4. The van der Waals surface area contributed by atoms with Crippen molar-refractivity contribution in [1.82, 2.24) is 19.8 Å². The molecule has 1 amide bonds. The molecule has 3 aromatic rings. The molecule has 1 saturated heterocycles. The van der Waals surface area contributed by atoms with Gasteiger partial charge in [-0.1, -0.05) is 6.07 Å². The molecule has 33 heavy (non-hydrogen) atoms. The lowest BCUT2D eigenvalue weighted by Crippen LogP contribution is -2.48. The molecule has 0 radical (unpaired) electrons. The molecule has 1 N–H and O–H groups in total. The summed E-state index contributed by atoms with van der Waals surface area (Å²) >= 11 is 1.65. The number of aryl methyl sites for hydroxylation is 2. The molecule has 1 fully saturated rings. The van der Waals surface area contributed by atoms with Crippen LogP contribution >= 0.6 is 11.3 Å². The molecule has 2 aliphatic rings. The molecule has 0 bridgehead atoms. The Morgan fingerprint density at radius 1 is 1.21 bits per heavy atom. The second-order valence-corrected chi connectivity index (χ2v) is 9.76. The number of nitro benzene ring substituents is 1. The van der Waals surface area contributed by atoms with Gasteiger partial charge >= 0.3 is 0 Å². The van der Waals surface area contributed by atoms with Gasteiger partial charge in [-0.15, -0.1) is 11.3 Å². The highest BCUT2D eigenvalue weighted by Crippen LogP contribution is 2.33. The minimum Gasteiger partial charge on any atom is -0.336 e. The van der Waals surface area contributed by atoms with Crippen molar-refractivity contribution in [2.24, 2.45) is 0 Å². The van der Waals surface area contributed by atoms with Crippen LogP contribution in [-0.2, 0) is 19.4 Å². The number of aromatic nitrogens is 2. The minimum absolute atomic E-state index is 0.0415. The maximum absolute atomic E-state index is 13.0. The average molecular weight is 468 g/mol. The van der Waals surface area contributed by atoms with E-state index in [-0.39, 0.29) is 17.2 Å². The fraction of sp³-hybridized carbons (Fsp3) is 0.435. The van der Waals surface area contributed by atoms with Crippen LogP contribution < -0.4 is 5.56 Å². The van der Waals surface area contributed by atoms with Crippen molar-refractivity contribution >= 4 is 33.1 Å². The second-order valence-electron chi connectivity index (χ2n) is 8.68. The van der Waals surface area contributed by atoms with Gasteiger partial charge in [-0.2, -0.15) is 0 Å². The van der Waals surface area contributed by atoms with E-state index in [1.165, 1.54) is 22.9 Å². The minimum atomic E-state index is -0.460. The first-order valence-corrected chi connectivity index (χ1v) is 12.0. The first-order chi connectivity index (χ1) is 15.9.